The molecule has 0 unspecified atom stereocenters. The minimum Gasteiger partial charge on any atom is -0.314 e. The highest BCUT2D eigenvalue weighted by atomic mass is 32.2. The average molecular weight is 220 g/mol. The molecule has 14 heavy (non-hydrogen) atoms. The first-order valence-electron chi connectivity index (χ1n) is 5.24. The molecular formula is C9H20N2O2S. The molecule has 1 aliphatic rings. The summed E-state index contributed by atoms with van der Waals surface area (Å²) < 4.78 is 25.4. The van der Waals surface area contributed by atoms with Crippen LogP contribution in [0.4, 0.5) is 0 Å². The average Bonchev–Trinajstić information content (AvgIpc) is 2.56. The molecule has 0 aliphatic carbocycles. The topological polar surface area (TPSA) is 58.2 Å². The Kier molecular flexibility index (Phi) is 4.34. The summed E-state index contributed by atoms with van der Waals surface area (Å²) in [5.41, 5.74) is 0. The Morgan fingerprint density at radius 2 is 2.21 bits per heavy atom. The van der Waals surface area contributed by atoms with Gasteiger partial charge in [-0.25, -0.2) is 13.1 Å². The van der Waals surface area contributed by atoms with Crippen molar-refractivity contribution in [2.75, 3.05) is 13.1 Å². The van der Waals surface area contributed by atoms with Gasteiger partial charge in [0.1, 0.15) is 0 Å². The van der Waals surface area contributed by atoms with Crippen molar-refractivity contribution < 1.29 is 8.42 Å². The molecule has 0 bridgehead atoms. The second-order valence-electron chi connectivity index (χ2n) is 4.07. The summed E-state index contributed by atoms with van der Waals surface area (Å²) in [5.74, 6) is 0. The zero-order valence-corrected chi connectivity index (χ0v) is 9.73. The van der Waals surface area contributed by atoms with Crippen LogP contribution in [0.25, 0.3) is 0 Å². The molecule has 1 fully saturated rings. The molecule has 0 aromatic rings. The quantitative estimate of drug-likeness (QED) is 0.707. The molecule has 0 aromatic heterocycles. The second kappa shape index (κ2) is 5.09. The molecule has 84 valence electrons. The molecule has 1 rings (SSSR count). The van der Waals surface area contributed by atoms with E-state index in [4.69, 9.17) is 0 Å². The molecule has 5 heteroatoms. The number of rotatable bonds is 5. The van der Waals surface area contributed by atoms with Crippen LogP contribution in [0.5, 0.6) is 0 Å². The molecule has 2 N–H and O–H groups in total. The number of sulfonamides is 1. The fourth-order valence-corrected chi connectivity index (χ4v) is 2.28. The summed E-state index contributed by atoms with van der Waals surface area (Å²) in [6.07, 6.45) is 3.27. The Morgan fingerprint density at radius 3 is 2.71 bits per heavy atom. The van der Waals surface area contributed by atoms with Crippen molar-refractivity contribution in [2.45, 2.75) is 44.4 Å². The van der Waals surface area contributed by atoms with Gasteiger partial charge in [-0.2, -0.15) is 0 Å². The van der Waals surface area contributed by atoms with Gasteiger partial charge in [-0.1, -0.05) is 0 Å². The highest BCUT2D eigenvalue weighted by Gasteiger charge is 2.17. The number of hydrogen-bond donors (Lipinski definition) is 2. The van der Waals surface area contributed by atoms with Crippen molar-refractivity contribution in [3.05, 3.63) is 0 Å². The smallest absolute Gasteiger partial charge is 0.213 e. The van der Waals surface area contributed by atoms with Crippen LogP contribution in [0, 0.1) is 0 Å². The van der Waals surface area contributed by atoms with E-state index >= 15 is 0 Å². The molecule has 4 nitrogen and oxygen atoms in total. The second-order valence-corrected chi connectivity index (χ2v) is 6.39. The Morgan fingerprint density at radius 1 is 1.50 bits per heavy atom. The molecule has 1 aliphatic heterocycles. The van der Waals surface area contributed by atoms with Crippen LogP contribution in [0.3, 0.4) is 0 Å². The summed E-state index contributed by atoms with van der Waals surface area (Å²) in [4.78, 5) is 0. The third-order valence-corrected chi connectivity index (χ3v) is 4.43. The standard InChI is InChI=1S/C9H20N2O2S/c1-8(2)14(12,13)11-7-5-9-4-3-6-10-9/h8-11H,3-7H2,1-2H3/t9-/m0/s1. The third kappa shape index (κ3) is 3.55. The van der Waals surface area contributed by atoms with E-state index < -0.39 is 10.0 Å². The first-order valence-corrected chi connectivity index (χ1v) is 6.79. The molecule has 0 amide bonds. The van der Waals surface area contributed by atoms with Crippen molar-refractivity contribution in [3.63, 3.8) is 0 Å². The van der Waals surface area contributed by atoms with E-state index in [9.17, 15) is 8.42 Å². The first kappa shape index (κ1) is 11.9. The molecular weight excluding hydrogens is 200 g/mol. The molecule has 1 saturated heterocycles. The summed E-state index contributed by atoms with van der Waals surface area (Å²) in [5, 5.41) is 3.00. The van der Waals surface area contributed by atoms with Crippen LogP contribution < -0.4 is 10.0 Å². The van der Waals surface area contributed by atoms with E-state index in [2.05, 4.69) is 10.0 Å². The Bertz CT molecular complexity index is 256. The van der Waals surface area contributed by atoms with Gasteiger partial charge in [0.2, 0.25) is 10.0 Å². The van der Waals surface area contributed by atoms with E-state index in [0.717, 1.165) is 13.0 Å². The summed E-state index contributed by atoms with van der Waals surface area (Å²) in [6, 6.07) is 0.505. The van der Waals surface area contributed by atoms with Gasteiger partial charge in [0, 0.05) is 12.6 Å². The van der Waals surface area contributed by atoms with E-state index in [1.54, 1.807) is 13.8 Å². The van der Waals surface area contributed by atoms with Crippen LogP contribution in [0.1, 0.15) is 33.1 Å². The van der Waals surface area contributed by atoms with E-state index in [-0.39, 0.29) is 5.25 Å². The Balaban J connectivity index is 2.20. The lowest BCUT2D eigenvalue weighted by atomic mass is 10.2. The first-order chi connectivity index (χ1) is 6.52. The zero-order chi connectivity index (χ0) is 10.6. The van der Waals surface area contributed by atoms with Gasteiger partial charge < -0.3 is 5.32 Å². The number of nitrogens with one attached hydrogen (secondary N) is 2. The number of hydrogen-bond acceptors (Lipinski definition) is 3. The van der Waals surface area contributed by atoms with Crippen molar-refractivity contribution in [2.24, 2.45) is 0 Å². The van der Waals surface area contributed by atoms with E-state index in [1.807, 2.05) is 0 Å². The normalized spacial score (nSPS) is 23.2. The molecule has 0 spiro atoms. The predicted molar refractivity (Wildman–Crippen MR) is 57.7 cm³/mol. The lowest BCUT2D eigenvalue weighted by molar-refractivity contribution is 0.536. The fourth-order valence-electron chi connectivity index (χ4n) is 1.55. The maximum Gasteiger partial charge on any atom is 0.213 e. The van der Waals surface area contributed by atoms with Crippen molar-refractivity contribution in [1.29, 1.82) is 0 Å². The molecule has 1 heterocycles. The van der Waals surface area contributed by atoms with Crippen LogP contribution >= 0.6 is 0 Å². The summed E-state index contributed by atoms with van der Waals surface area (Å²) >= 11 is 0. The van der Waals surface area contributed by atoms with Crippen molar-refractivity contribution in [3.8, 4) is 0 Å². The van der Waals surface area contributed by atoms with Crippen LogP contribution in [-0.2, 0) is 10.0 Å². The monoisotopic (exact) mass is 220 g/mol. The van der Waals surface area contributed by atoms with E-state index in [1.165, 1.54) is 12.8 Å². The lowest BCUT2D eigenvalue weighted by Crippen LogP contribution is -2.34. The summed E-state index contributed by atoms with van der Waals surface area (Å²) in [7, 11) is -3.07. The SMILES string of the molecule is CC(C)S(=O)(=O)NCC[C@@H]1CCCN1. The maximum atomic E-state index is 11.4. The molecule has 1 atom stereocenters. The van der Waals surface area contributed by atoms with Gasteiger partial charge in [-0.15, -0.1) is 0 Å². The van der Waals surface area contributed by atoms with Gasteiger partial charge >= 0.3 is 0 Å². The molecule has 0 radical (unpaired) electrons. The molecule has 0 saturated carbocycles. The van der Waals surface area contributed by atoms with Crippen molar-refractivity contribution >= 4 is 10.0 Å². The van der Waals surface area contributed by atoms with Crippen molar-refractivity contribution in [1.82, 2.24) is 10.0 Å². The van der Waals surface area contributed by atoms with Crippen LogP contribution in [0.2, 0.25) is 0 Å². The maximum absolute atomic E-state index is 11.4. The van der Waals surface area contributed by atoms with Gasteiger partial charge in [0.15, 0.2) is 0 Å². The van der Waals surface area contributed by atoms with E-state index in [0.29, 0.717) is 12.6 Å². The molecule has 0 aromatic carbocycles. The van der Waals surface area contributed by atoms with Crippen LogP contribution in [0.15, 0.2) is 0 Å². The Hall–Kier alpha value is -0.130. The van der Waals surface area contributed by atoms with Gasteiger partial charge in [-0.05, 0) is 39.7 Å². The minimum atomic E-state index is -3.07. The fraction of sp³-hybridized carbons (Fsp3) is 1.00. The third-order valence-electron chi connectivity index (χ3n) is 2.58. The van der Waals surface area contributed by atoms with Gasteiger partial charge in [0.25, 0.3) is 0 Å². The Labute approximate surface area is 86.5 Å². The predicted octanol–water partition coefficient (Wildman–Crippen LogP) is 0.456. The largest absolute Gasteiger partial charge is 0.314 e. The van der Waals surface area contributed by atoms with Gasteiger partial charge in [-0.3, -0.25) is 0 Å². The van der Waals surface area contributed by atoms with Crippen LogP contribution in [-0.4, -0.2) is 32.8 Å². The minimum absolute atomic E-state index is 0.334. The zero-order valence-electron chi connectivity index (χ0n) is 8.91. The summed E-state index contributed by atoms with van der Waals surface area (Å²) in [6.45, 7) is 5.01. The lowest BCUT2D eigenvalue weighted by Gasteiger charge is -2.12. The highest BCUT2D eigenvalue weighted by molar-refractivity contribution is 7.90. The highest BCUT2D eigenvalue weighted by Crippen LogP contribution is 2.08. The van der Waals surface area contributed by atoms with Gasteiger partial charge in [0.05, 0.1) is 5.25 Å².